The van der Waals surface area contributed by atoms with Crippen molar-refractivity contribution in [3.05, 3.63) is 0 Å². The van der Waals surface area contributed by atoms with Crippen LogP contribution in [0.3, 0.4) is 0 Å². The van der Waals surface area contributed by atoms with Gasteiger partial charge in [0.2, 0.25) is 5.91 Å². The molecule has 2 saturated heterocycles. The average molecular weight is 324 g/mol. The highest BCUT2D eigenvalue weighted by Crippen LogP contribution is 2.35. The lowest BCUT2D eigenvalue weighted by atomic mass is 9.88. The summed E-state index contributed by atoms with van der Waals surface area (Å²) in [6.07, 6.45) is -2.78. The second-order valence-electron chi connectivity index (χ2n) is 6.03. The Labute approximate surface area is 128 Å². The van der Waals surface area contributed by atoms with Crippen molar-refractivity contribution in [2.75, 3.05) is 32.8 Å². The van der Waals surface area contributed by atoms with E-state index in [0.29, 0.717) is 26.3 Å². The van der Waals surface area contributed by atoms with Gasteiger partial charge in [-0.05, 0) is 39.8 Å². The van der Waals surface area contributed by atoms with Gasteiger partial charge in [-0.1, -0.05) is 0 Å². The van der Waals surface area contributed by atoms with Crippen molar-refractivity contribution in [1.82, 2.24) is 10.2 Å². The zero-order chi connectivity index (χ0) is 16.4. The monoisotopic (exact) mass is 324 g/mol. The number of rotatable bonds is 4. The first kappa shape index (κ1) is 17.5. The number of amides is 1. The lowest BCUT2D eigenvalue weighted by Gasteiger charge is -2.40. The lowest BCUT2D eigenvalue weighted by Crippen LogP contribution is -2.52. The Hall–Kier alpha value is -0.860. The molecule has 0 unspecified atom stereocenters. The van der Waals surface area contributed by atoms with Crippen LogP contribution in [0.5, 0.6) is 0 Å². The fraction of sp³-hybridized carbons (Fsp3) is 0.929. The third kappa shape index (κ3) is 4.33. The largest absolute Gasteiger partial charge is 0.405 e. The van der Waals surface area contributed by atoms with Crippen LogP contribution in [0.25, 0.3) is 0 Å². The van der Waals surface area contributed by atoms with Gasteiger partial charge in [0, 0.05) is 5.92 Å². The summed E-state index contributed by atoms with van der Waals surface area (Å²) in [7, 11) is 0. The SMILES string of the molecule is C[C@H](C(=O)NCC(F)(F)F)N1CCC(C2(C)OCCO2)CC1. The van der Waals surface area contributed by atoms with Crippen LogP contribution in [0, 0.1) is 5.92 Å². The van der Waals surface area contributed by atoms with Crippen LogP contribution in [0.4, 0.5) is 13.2 Å². The number of ether oxygens (including phenoxy) is 2. The number of nitrogens with zero attached hydrogens (tertiary/aromatic N) is 1. The molecule has 0 aliphatic carbocycles. The standard InChI is InChI=1S/C14H23F3N2O3/c1-10(12(20)18-9-14(15,16)17)19-5-3-11(4-6-19)13(2)21-7-8-22-13/h10-11H,3-9H2,1-2H3,(H,18,20)/t10-/m1/s1. The minimum absolute atomic E-state index is 0.247. The van der Waals surface area contributed by atoms with Gasteiger partial charge in [-0.15, -0.1) is 0 Å². The van der Waals surface area contributed by atoms with E-state index in [2.05, 4.69) is 0 Å². The van der Waals surface area contributed by atoms with Crippen LogP contribution in [0.2, 0.25) is 0 Å². The third-order valence-electron chi connectivity index (χ3n) is 4.52. The molecule has 0 bridgehead atoms. The van der Waals surface area contributed by atoms with E-state index in [9.17, 15) is 18.0 Å². The molecule has 2 aliphatic heterocycles. The first-order valence-electron chi connectivity index (χ1n) is 7.58. The van der Waals surface area contributed by atoms with Crippen molar-refractivity contribution >= 4 is 5.91 Å². The molecule has 2 rings (SSSR count). The van der Waals surface area contributed by atoms with Crippen molar-refractivity contribution in [2.24, 2.45) is 5.92 Å². The normalized spacial score (nSPS) is 25.1. The molecule has 128 valence electrons. The Morgan fingerprint density at radius 3 is 2.36 bits per heavy atom. The van der Waals surface area contributed by atoms with Crippen LogP contribution >= 0.6 is 0 Å². The molecule has 2 fully saturated rings. The summed E-state index contributed by atoms with van der Waals surface area (Å²) >= 11 is 0. The second kappa shape index (κ2) is 6.72. The van der Waals surface area contributed by atoms with E-state index in [1.54, 1.807) is 6.92 Å². The minimum Gasteiger partial charge on any atom is -0.348 e. The zero-order valence-corrected chi connectivity index (χ0v) is 12.9. The van der Waals surface area contributed by atoms with Gasteiger partial charge >= 0.3 is 6.18 Å². The molecule has 22 heavy (non-hydrogen) atoms. The Kier molecular flexibility index (Phi) is 5.34. The molecule has 0 radical (unpaired) electrons. The summed E-state index contributed by atoms with van der Waals surface area (Å²) in [4.78, 5) is 13.7. The highest BCUT2D eigenvalue weighted by molar-refractivity contribution is 5.81. The number of carbonyl (C=O) groups is 1. The van der Waals surface area contributed by atoms with Crippen LogP contribution in [-0.4, -0.2) is 61.7 Å². The van der Waals surface area contributed by atoms with E-state index in [-0.39, 0.29) is 5.92 Å². The zero-order valence-electron chi connectivity index (χ0n) is 12.9. The molecule has 0 aromatic carbocycles. The molecular weight excluding hydrogens is 301 g/mol. The average Bonchev–Trinajstić information content (AvgIpc) is 2.91. The Bertz CT molecular complexity index is 389. The van der Waals surface area contributed by atoms with Crippen molar-refractivity contribution < 1.29 is 27.4 Å². The summed E-state index contributed by atoms with van der Waals surface area (Å²) in [6, 6.07) is -0.568. The molecule has 8 heteroatoms. The van der Waals surface area contributed by atoms with E-state index in [4.69, 9.17) is 9.47 Å². The van der Waals surface area contributed by atoms with Gasteiger partial charge in [-0.3, -0.25) is 9.69 Å². The first-order valence-corrected chi connectivity index (χ1v) is 7.58. The maximum atomic E-state index is 12.1. The molecule has 0 spiro atoms. The Morgan fingerprint density at radius 2 is 1.86 bits per heavy atom. The highest BCUT2D eigenvalue weighted by Gasteiger charge is 2.42. The number of hydrogen-bond acceptors (Lipinski definition) is 4. The summed E-state index contributed by atoms with van der Waals surface area (Å²) < 4.78 is 47.7. The van der Waals surface area contributed by atoms with Crippen molar-refractivity contribution in [2.45, 2.75) is 44.7 Å². The third-order valence-corrected chi connectivity index (χ3v) is 4.52. The molecule has 1 N–H and O–H groups in total. The van der Waals surface area contributed by atoms with Crippen LogP contribution < -0.4 is 5.32 Å². The molecule has 0 aromatic rings. The van der Waals surface area contributed by atoms with Gasteiger partial charge in [0.1, 0.15) is 6.54 Å². The molecule has 1 atom stereocenters. The van der Waals surface area contributed by atoms with Gasteiger partial charge in [0.15, 0.2) is 5.79 Å². The Morgan fingerprint density at radius 1 is 1.32 bits per heavy atom. The van der Waals surface area contributed by atoms with Gasteiger partial charge in [-0.2, -0.15) is 13.2 Å². The minimum atomic E-state index is -4.38. The summed E-state index contributed by atoms with van der Waals surface area (Å²) in [5, 5.41) is 1.94. The number of halogens is 3. The van der Waals surface area contributed by atoms with Gasteiger partial charge in [0.25, 0.3) is 0 Å². The molecule has 2 aliphatic rings. The number of piperidine rings is 1. The number of nitrogens with one attached hydrogen (secondary N) is 1. The van der Waals surface area contributed by atoms with E-state index in [1.807, 2.05) is 17.1 Å². The van der Waals surface area contributed by atoms with Crippen molar-refractivity contribution in [3.63, 3.8) is 0 Å². The topological polar surface area (TPSA) is 50.8 Å². The number of hydrogen-bond donors (Lipinski definition) is 1. The predicted octanol–water partition coefficient (Wildman–Crippen LogP) is 1.53. The van der Waals surface area contributed by atoms with E-state index >= 15 is 0 Å². The maximum Gasteiger partial charge on any atom is 0.405 e. The van der Waals surface area contributed by atoms with E-state index in [0.717, 1.165) is 12.8 Å². The summed E-state index contributed by atoms with van der Waals surface area (Å²) in [5.41, 5.74) is 0. The fourth-order valence-electron chi connectivity index (χ4n) is 3.08. The maximum absolute atomic E-state index is 12.1. The fourth-order valence-corrected chi connectivity index (χ4v) is 3.08. The molecule has 0 aromatic heterocycles. The van der Waals surface area contributed by atoms with Crippen molar-refractivity contribution in [3.8, 4) is 0 Å². The highest BCUT2D eigenvalue weighted by atomic mass is 19.4. The lowest BCUT2D eigenvalue weighted by molar-refractivity contribution is -0.191. The van der Waals surface area contributed by atoms with E-state index < -0.39 is 30.5 Å². The molecule has 1 amide bonds. The smallest absolute Gasteiger partial charge is 0.348 e. The quantitative estimate of drug-likeness (QED) is 0.852. The number of carbonyl (C=O) groups excluding carboxylic acids is 1. The summed E-state index contributed by atoms with van der Waals surface area (Å²) in [5.74, 6) is -0.902. The van der Waals surface area contributed by atoms with Crippen LogP contribution in [0.1, 0.15) is 26.7 Å². The van der Waals surface area contributed by atoms with Crippen LogP contribution in [0.15, 0.2) is 0 Å². The summed E-state index contributed by atoms with van der Waals surface area (Å²) in [6.45, 7) is 4.75. The van der Waals surface area contributed by atoms with Gasteiger partial charge < -0.3 is 14.8 Å². The van der Waals surface area contributed by atoms with E-state index in [1.165, 1.54) is 0 Å². The molecule has 0 saturated carbocycles. The van der Waals surface area contributed by atoms with Gasteiger partial charge in [-0.25, -0.2) is 0 Å². The van der Waals surface area contributed by atoms with Crippen LogP contribution in [-0.2, 0) is 14.3 Å². The second-order valence-corrected chi connectivity index (χ2v) is 6.03. The van der Waals surface area contributed by atoms with Gasteiger partial charge in [0.05, 0.1) is 19.3 Å². The first-order chi connectivity index (χ1) is 10.2. The Balaban J connectivity index is 1.79. The molecule has 2 heterocycles. The number of alkyl halides is 3. The van der Waals surface area contributed by atoms with Crippen molar-refractivity contribution in [1.29, 1.82) is 0 Å². The number of likely N-dealkylation sites (tertiary alicyclic amines) is 1. The molecule has 5 nitrogen and oxygen atoms in total. The molecular formula is C14H23F3N2O3. The predicted molar refractivity (Wildman–Crippen MR) is 73.1 cm³/mol.